The molecule has 0 atom stereocenters. The number of rotatable bonds is 4. The van der Waals surface area contributed by atoms with Crippen LogP contribution in [0.3, 0.4) is 0 Å². The summed E-state index contributed by atoms with van der Waals surface area (Å²) >= 11 is 0. The van der Waals surface area contributed by atoms with Crippen LogP contribution in [0.15, 0.2) is 30.3 Å². The van der Waals surface area contributed by atoms with Crippen LogP contribution < -0.4 is 15.2 Å². The van der Waals surface area contributed by atoms with E-state index in [1.54, 1.807) is 38.5 Å². The van der Waals surface area contributed by atoms with E-state index >= 15 is 0 Å². The van der Waals surface area contributed by atoms with Gasteiger partial charge in [0.05, 0.1) is 37.9 Å². The third-order valence-corrected chi connectivity index (χ3v) is 3.71. The average molecular weight is 327 g/mol. The molecular weight excluding hydrogens is 310 g/mol. The zero-order valence-corrected chi connectivity index (χ0v) is 13.5. The van der Waals surface area contributed by atoms with Crippen molar-refractivity contribution in [2.75, 3.05) is 27.1 Å². The number of anilines is 1. The second-order valence-corrected chi connectivity index (χ2v) is 5.10. The molecule has 0 saturated carbocycles. The maximum absolute atomic E-state index is 11.6. The van der Waals surface area contributed by atoms with Crippen molar-refractivity contribution in [3.8, 4) is 22.9 Å². The number of aromatic nitrogens is 2. The molecule has 0 spiro atoms. The summed E-state index contributed by atoms with van der Waals surface area (Å²) in [5.41, 5.74) is 9.08. The number of nitrogens with one attached hydrogen (secondary N) is 1. The molecule has 0 saturated heterocycles. The van der Waals surface area contributed by atoms with Gasteiger partial charge >= 0.3 is 5.97 Å². The summed E-state index contributed by atoms with van der Waals surface area (Å²) in [6.07, 6.45) is 0. The highest BCUT2D eigenvalue weighted by atomic mass is 16.5. The lowest BCUT2D eigenvalue weighted by Crippen LogP contribution is -2.02. The van der Waals surface area contributed by atoms with Gasteiger partial charge in [-0.25, -0.2) is 9.78 Å². The highest BCUT2D eigenvalue weighted by Gasteiger charge is 2.14. The normalized spacial score (nSPS) is 10.6. The van der Waals surface area contributed by atoms with Gasteiger partial charge in [0, 0.05) is 23.4 Å². The van der Waals surface area contributed by atoms with E-state index in [1.165, 1.54) is 7.11 Å². The molecule has 1 heterocycles. The Bertz CT molecular complexity index is 877. The molecule has 24 heavy (non-hydrogen) atoms. The second-order valence-electron chi connectivity index (χ2n) is 5.10. The number of nitrogens with zero attached hydrogens (tertiary/aromatic N) is 1. The lowest BCUT2D eigenvalue weighted by Gasteiger charge is -2.06. The second kappa shape index (κ2) is 6.11. The molecule has 7 heteroatoms. The number of ether oxygens (including phenoxy) is 3. The first-order valence-corrected chi connectivity index (χ1v) is 7.17. The van der Waals surface area contributed by atoms with Crippen LogP contribution in [0.2, 0.25) is 0 Å². The van der Waals surface area contributed by atoms with E-state index in [0.29, 0.717) is 34.1 Å². The maximum Gasteiger partial charge on any atom is 0.337 e. The van der Waals surface area contributed by atoms with Gasteiger partial charge in [-0.15, -0.1) is 0 Å². The van der Waals surface area contributed by atoms with Crippen LogP contribution >= 0.6 is 0 Å². The first-order valence-electron chi connectivity index (χ1n) is 7.17. The van der Waals surface area contributed by atoms with Gasteiger partial charge in [0.2, 0.25) is 0 Å². The van der Waals surface area contributed by atoms with Crippen LogP contribution in [0.5, 0.6) is 11.5 Å². The van der Waals surface area contributed by atoms with Crippen molar-refractivity contribution in [2.45, 2.75) is 0 Å². The van der Waals surface area contributed by atoms with Gasteiger partial charge in [-0.05, 0) is 18.2 Å². The molecular formula is C17H17N3O4. The number of carbonyl (C=O) groups is 1. The van der Waals surface area contributed by atoms with Gasteiger partial charge < -0.3 is 24.9 Å². The molecule has 0 fully saturated rings. The minimum absolute atomic E-state index is 0.387. The Morgan fingerprint density at radius 2 is 1.79 bits per heavy atom. The number of hydrogen-bond donors (Lipinski definition) is 2. The Labute approximate surface area is 138 Å². The monoisotopic (exact) mass is 327 g/mol. The number of nitrogens with two attached hydrogens (primary N) is 1. The molecule has 0 aliphatic carbocycles. The molecule has 0 bridgehead atoms. The van der Waals surface area contributed by atoms with Gasteiger partial charge in [-0.1, -0.05) is 0 Å². The molecule has 0 radical (unpaired) electrons. The van der Waals surface area contributed by atoms with E-state index in [0.717, 1.165) is 11.0 Å². The van der Waals surface area contributed by atoms with Crippen molar-refractivity contribution in [1.29, 1.82) is 0 Å². The molecule has 3 aromatic rings. The van der Waals surface area contributed by atoms with Crippen molar-refractivity contribution < 1.29 is 19.0 Å². The quantitative estimate of drug-likeness (QED) is 0.564. The predicted molar refractivity (Wildman–Crippen MR) is 90.4 cm³/mol. The first-order chi connectivity index (χ1) is 11.6. The smallest absolute Gasteiger partial charge is 0.337 e. The van der Waals surface area contributed by atoms with Crippen LogP contribution in [0.4, 0.5) is 5.69 Å². The van der Waals surface area contributed by atoms with Gasteiger partial charge in [-0.2, -0.15) is 0 Å². The molecule has 3 rings (SSSR count). The van der Waals surface area contributed by atoms with Gasteiger partial charge in [0.25, 0.3) is 0 Å². The van der Waals surface area contributed by atoms with Crippen LogP contribution in [0.25, 0.3) is 22.4 Å². The summed E-state index contributed by atoms with van der Waals surface area (Å²) in [5, 5.41) is 0. The van der Waals surface area contributed by atoms with Gasteiger partial charge in [-0.3, -0.25) is 0 Å². The summed E-state index contributed by atoms with van der Waals surface area (Å²) in [4.78, 5) is 19.3. The molecule has 0 unspecified atom stereocenters. The van der Waals surface area contributed by atoms with Crippen LogP contribution in [-0.4, -0.2) is 37.3 Å². The van der Waals surface area contributed by atoms with Crippen LogP contribution in [0, 0.1) is 0 Å². The molecule has 0 aliphatic rings. The highest BCUT2D eigenvalue weighted by molar-refractivity contribution is 5.93. The lowest BCUT2D eigenvalue weighted by atomic mass is 10.1. The van der Waals surface area contributed by atoms with Crippen molar-refractivity contribution >= 4 is 22.7 Å². The molecule has 124 valence electrons. The standard InChI is InChI=1S/C17H17N3O4/c1-22-14-7-12-13(8-15(14)23-2)20-16(19-12)10-5-4-9(6-11(10)18)17(21)24-3/h4-8H,18H2,1-3H3,(H,19,20). The fourth-order valence-electron chi connectivity index (χ4n) is 2.49. The Kier molecular flexibility index (Phi) is 3.99. The fraction of sp³-hybridized carbons (Fsp3) is 0.176. The lowest BCUT2D eigenvalue weighted by molar-refractivity contribution is 0.0601. The number of hydrogen-bond acceptors (Lipinski definition) is 6. The number of benzene rings is 2. The number of H-pyrrole nitrogens is 1. The number of esters is 1. The summed E-state index contributed by atoms with van der Waals surface area (Å²) in [6.45, 7) is 0. The van der Waals surface area contributed by atoms with Crippen LogP contribution in [-0.2, 0) is 4.74 Å². The van der Waals surface area contributed by atoms with Crippen molar-refractivity contribution in [1.82, 2.24) is 9.97 Å². The van der Waals surface area contributed by atoms with E-state index in [-0.39, 0.29) is 0 Å². The first kappa shape index (κ1) is 15.7. The summed E-state index contributed by atoms with van der Waals surface area (Å²) < 4.78 is 15.3. The third-order valence-electron chi connectivity index (χ3n) is 3.71. The van der Waals surface area contributed by atoms with Crippen molar-refractivity contribution in [3.05, 3.63) is 35.9 Å². The summed E-state index contributed by atoms with van der Waals surface area (Å²) in [5.74, 6) is 1.35. The topological polar surface area (TPSA) is 99.5 Å². The van der Waals surface area contributed by atoms with E-state index < -0.39 is 5.97 Å². The maximum atomic E-state index is 11.6. The number of fused-ring (bicyclic) bond motifs is 1. The number of methoxy groups -OCH3 is 3. The number of carbonyl (C=O) groups excluding carboxylic acids is 1. The fourth-order valence-corrected chi connectivity index (χ4v) is 2.49. The van der Waals surface area contributed by atoms with E-state index in [1.807, 2.05) is 6.07 Å². The van der Waals surface area contributed by atoms with E-state index in [4.69, 9.17) is 19.9 Å². The van der Waals surface area contributed by atoms with E-state index in [9.17, 15) is 4.79 Å². The predicted octanol–water partition coefficient (Wildman–Crippen LogP) is 2.62. The Balaban J connectivity index is 2.08. The minimum atomic E-state index is -0.438. The highest BCUT2D eigenvalue weighted by Crippen LogP contribution is 2.33. The molecule has 0 amide bonds. The molecule has 1 aromatic heterocycles. The Morgan fingerprint density at radius 3 is 2.42 bits per heavy atom. The zero-order chi connectivity index (χ0) is 17.3. The van der Waals surface area contributed by atoms with Gasteiger partial charge in [0.15, 0.2) is 11.5 Å². The molecule has 3 N–H and O–H groups in total. The SMILES string of the molecule is COC(=O)c1ccc(-c2nc3cc(OC)c(OC)cc3[nH]2)c(N)c1. The minimum Gasteiger partial charge on any atom is -0.493 e. The van der Waals surface area contributed by atoms with Crippen molar-refractivity contribution in [2.24, 2.45) is 0 Å². The third kappa shape index (κ3) is 2.60. The van der Waals surface area contributed by atoms with E-state index in [2.05, 4.69) is 9.97 Å². The largest absolute Gasteiger partial charge is 0.493 e. The number of aromatic amines is 1. The van der Waals surface area contributed by atoms with Crippen molar-refractivity contribution in [3.63, 3.8) is 0 Å². The van der Waals surface area contributed by atoms with Gasteiger partial charge in [0.1, 0.15) is 5.82 Å². The molecule has 7 nitrogen and oxygen atoms in total. The average Bonchev–Trinajstić information content (AvgIpc) is 3.01. The Morgan fingerprint density at radius 1 is 1.08 bits per heavy atom. The molecule has 0 aliphatic heterocycles. The number of imidazole rings is 1. The van der Waals surface area contributed by atoms with Crippen LogP contribution in [0.1, 0.15) is 10.4 Å². The summed E-state index contributed by atoms with van der Waals surface area (Å²) in [6, 6.07) is 8.53. The zero-order valence-electron chi connectivity index (χ0n) is 13.5. The summed E-state index contributed by atoms with van der Waals surface area (Å²) in [7, 11) is 4.47. The molecule has 2 aromatic carbocycles. The Hall–Kier alpha value is -3.22. The number of nitrogen functional groups attached to an aromatic ring is 1.